The van der Waals surface area contributed by atoms with Crippen molar-refractivity contribution < 1.29 is 4.79 Å². The standard InChI is InChI=1S/C16H29N3OS/c1-5-7-19(13-16(2,3)12-17)10-15(20)18(4)9-14-6-8-21-11-14/h6,8,11H,5,7,9-10,12-13,17H2,1-4H3. The van der Waals surface area contributed by atoms with Gasteiger partial charge in [-0.05, 0) is 47.3 Å². The fourth-order valence-electron chi connectivity index (χ4n) is 2.26. The van der Waals surface area contributed by atoms with E-state index in [9.17, 15) is 4.79 Å². The number of hydrogen-bond acceptors (Lipinski definition) is 4. The molecule has 1 aromatic heterocycles. The largest absolute Gasteiger partial charge is 0.340 e. The van der Waals surface area contributed by atoms with Crippen LogP contribution in [0, 0.1) is 5.41 Å². The van der Waals surface area contributed by atoms with E-state index in [-0.39, 0.29) is 11.3 Å². The van der Waals surface area contributed by atoms with Crippen LogP contribution in [0.1, 0.15) is 32.8 Å². The predicted molar refractivity (Wildman–Crippen MR) is 90.4 cm³/mol. The number of hydrogen-bond donors (Lipinski definition) is 1. The van der Waals surface area contributed by atoms with Crippen molar-refractivity contribution in [3.05, 3.63) is 22.4 Å². The molecule has 1 rings (SSSR count). The van der Waals surface area contributed by atoms with E-state index in [0.717, 1.165) is 19.5 Å². The summed E-state index contributed by atoms with van der Waals surface area (Å²) in [6, 6.07) is 2.07. The van der Waals surface area contributed by atoms with Gasteiger partial charge in [-0.3, -0.25) is 9.69 Å². The molecule has 0 atom stereocenters. The van der Waals surface area contributed by atoms with Crippen molar-refractivity contribution in [2.75, 3.05) is 33.2 Å². The highest BCUT2D eigenvalue weighted by Crippen LogP contribution is 2.15. The van der Waals surface area contributed by atoms with E-state index in [1.165, 1.54) is 5.56 Å². The van der Waals surface area contributed by atoms with Gasteiger partial charge in [0.05, 0.1) is 6.54 Å². The van der Waals surface area contributed by atoms with Crippen molar-refractivity contribution in [3.63, 3.8) is 0 Å². The molecule has 0 saturated heterocycles. The second-order valence-corrected chi connectivity index (χ2v) is 7.24. The maximum atomic E-state index is 12.4. The highest BCUT2D eigenvalue weighted by atomic mass is 32.1. The Morgan fingerprint density at radius 1 is 1.43 bits per heavy atom. The Balaban J connectivity index is 2.54. The van der Waals surface area contributed by atoms with E-state index in [2.05, 4.69) is 37.1 Å². The molecular weight excluding hydrogens is 282 g/mol. The molecule has 0 bridgehead atoms. The van der Waals surface area contributed by atoms with Crippen LogP contribution in [0.5, 0.6) is 0 Å². The third-order valence-corrected chi connectivity index (χ3v) is 4.26. The van der Waals surface area contributed by atoms with Gasteiger partial charge in [0.25, 0.3) is 0 Å². The van der Waals surface area contributed by atoms with Gasteiger partial charge in [-0.2, -0.15) is 11.3 Å². The van der Waals surface area contributed by atoms with E-state index in [0.29, 0.717) is 19.6 Å². The first-order chi connectivity index (χ1) is 9.88. The number of likely N-dealkylation sites (N-methyl/N-ethyl adjacent to an activating group) is 1. The first-order valence-electron chi connectivity index (χ1n) is 7.55. The van der Waals surface area contributed by atoms with Crippen LogP contribution < -0.4 is 5.73 Å². The molecule has 0 aromatic carbocycles. The van der Waals surface area contributed by atoms with Crippen LogP contribution in [0.25, 0.3) is 0 Å². The lowest BCUT2D eigenvalue weighted by molar-refractivity contribution is -0.132. The van der Waals surface area contributed by atoms with Gasteiger partial charge in [-0.15, -0.1) is 0 Å². The summed E-state index contributed by atoms with van der Waals surface area (Å²) in [4.78, 5) is 16.4. The van der Waals surface area contributed by atoms with Crippen molar-refractivity contribution in [1.82, 2.24) is 9.80 Å². The molecule has 0 aliphatic heterocycles. The van der Waals surface area contributed by atoms with E-state index in [1.807, 2.05) is 12.4 Å². The van der Waals surface area contributed by atoms with Crippen molar-refractivity contribution in [2.45, 2.75) is 33.7 Å². The van der Waals surface area contributed by atoms with E-state index >= 15 is 0 Å². The summed E-state index contributed by atoms with van der Waals surface area (Å²) < 4.78 is 0. The quantitative estimate of drug-likeness (QED) is 0.762. The van der Waals surface area contributed by atoms with Gasteiger partial charge in [0, 0.05) is 20.1 Å². The number of amides is 1. The van der Waals surface area contributed by atoms with Gasteiger partial charge in [0.15, 0.2) is 0 Å². The Morgan fingerprint density at radius 2 is 2.14 bits per heavy atom. The smallest absolute Gasteiger partial charge is 0.236 e. The minimum absolute atomic E-state index is 0.0430. The summed E-state index contributed by atoms with van der Waals surface area (Å²) in [5, 5.41) is 4.13. The van der Waals surface area contributed by atoms with Crippen molar-refractivity contribution in [1.29, 1.82) is 0 Å². The molecule has 0 saturated carbocycles. The summed E-state index contributed by atoms with van der Waals surface area (Å²) in [6.07, 6.45) is 1.04. The zero-order valence-corrected chi connectivity index (χ0v) is 14.6. The van der Waals surface area contributed by atoms with Crippen LogP contribution in [0.2, 0.25) is 0 Å². The van der Waals surface area contributed by atoms with E-state index in [1.54, 1.807) is 16.2 Å². The average Bonchev–Trinajstić information content (AvgIpc) is 2.91. The number of carbonyl (C=O) groups is 1. The first-order valence-corrected chi connectivity index (χ1v) is 8.49. The zero-order valence-electron chi connectivity index (χ0n) is 13.8. The highest BCUT2D eigenvalue weighted by molar-refractivity contribution is 7.07. The van der Waals surface area contributed by atoms with Gasteiger partial charge in [-0.25, -0.2) is 0 Å². The number of rotatable bonds is 9. The lowest BCUT2D eigenvalue weighted by Gasteiger charge is -2.32. The Kier molecular flexibility index (Phi) is 7.35. The molecule has 0 aliphatic carbocycles. The molecule has 0 aliphatic rings. The summed E-state index contributed by atoms with van der Waals surface area (Å²) in [5.74, 6) is 0.169. The topological polar surface area (TPSA) is 49.6 Å². The molecule has 1 heterocycles. The average molecular weight is 311 g/mol. The molecule has 1 aromatic rings. The van der Waals surface area contributed by atoms with Crippen LogP contribution in [0.4, 0.5) is 0 Å². The van der Waals surface area contributed by atoms with Gasteiger partial charge in [0.2, 0.25) is 5.91 Å². The van der Waals surface area contributed by atoms with Crippen LogP contribution in [0.3, 0.4) is 0 Å². The Hall–Kier alpha value is -0.910. The van der Waals surface area contributed by atoms with Crippen LogP contribution in [0.15, 0.2) is 16.8 Å². The molecule has 120 valence electrons. The van der Waals surface area contributed by atoms with E-state index < -0.39 is 0 Å². The third-order valence-electron chi connectivity index (χ3n) is 3.53. The minimum atomic E-state index is 0.0430. The molecular formula is C16H29N3OS. The maximum absolute atomic E-state index is 12.4. The van der Waals surface area contributed by atoms with Crippen LogP contribution >= 0.6 is 11.3 Å². The van der Waals surface area contributed by atoms with Crippen molar-refractivity contribution >= 4 is 17.2 Å². The molecule has 21 heavy (non-hydrogen) atoms. The molecule has 5 heteroatoms. The molecule has 2 N–H and O–H groups in total. The summed E-state index contributed by atoms with van der Waals surface area (Å²) in [7, 11) is 1.87. The van der Waals surface area contributed by atoms with E-state index in [4.69, 9.17) is 5.73 Å². The number of thiophene rings is 1. The lowest BCUT2D eigenvalue weighted by Crippen LogP contribution is -2.44. The van der Waals surface area contributed by atoms with Crippen molar-refractivity contribution in [2.24, 2.45) is 11.1 Å². The summed E-state index contributed by atoms with van der Waals surface area (Å²) in [6.45, 7) is 10.0. The van der Waals surface area contributed by atoms with Gasteiger partial charge in [-0.1, -0.05) is 20.8 Å². The van der Waals surface area contributed by atoms with Gasteiger partial charge in [0.1, 0.15) is 0 Å². The monoisotopic (exact) mass is 311 g/mol. The van der Waals surface area contributed by atoms with Crippen LogP contribution in [-0.2, 0) is 11.3 Å². The summed E-state index contributed by atoms with van der Waals surface area (Å²) >= 11 is 1.66. The predicted octanol–water partition coefficient (Wildman–Crippen LogP) is 2.40. The molecule has 0 radical (unpaired) electrons. The molecule has 0 spiro atoms. The minimum Gasteiger partial charge on any atom is -0.340 e. The SMILES string of the molecule is CCCN(CC(=O)N(C)Cc1ccsc1)CC(C)(C)CN. The second-order valence-electron chi connectivity index (χ2n) is 6.46. The summed E-state index contributed by atoms with van der Waals surface area (Å²) in [5.41, 5.74) is 7.05. The fraction of sp³-hybridized carbons (Fsp3) is 0.688. The Labute approximate surface area is 132 Å². The lowest BCUT2D eigenvalue weighted by atomic mass is 9.93. The van der Waals surface area contributed by atoms with Gasteiger partial charge >= 0.3 is 0 Å². The fourth-order valence-corrected chi connectivity index (χ4v) is 2.92. The van der Waals surface area contributed by atoms with Crippen LogP contribution in [-0.4, -0.2) is 48.9 Å². The highest BCUT2D eigenvalue weighted by Gasteiger charge is 2.22. The second kappa shape index (κ2) is 8.51. The number of carbonyl (C=O) groups excluding carboxylic acids is 1. The molecule has 0 fully saturated rings. The number of nitrogens with zero attached hydrogens (tertiary/aromatic N) is 2. The third kappa shape index (κ3) is 6.59. The van der Waals surface area contributed by atoms with Gasteiger partial charge < -0.3 is 10.6 Å². The number of nitrogens with two attached hydrogens (primary N) is 1. The Morgan fingerprint density at radius 3 is 2.67 bits per heavy atom. The molecule has 4 nitrogen and oxygen atoms in total. The maximum Gasteiger partial charge on any atom is 0.236 e. The molecule has 0 unspecified atom stereocenters. The first kappa shape index (κ1) is 18.1. The normalized spacial score (nSPS) is 11.9. The molecule has 1 amide bonds. The van der Waals surface area contributed by atoms with Crippen molar-refractivity contribution in [3.8, 4) is 0 Å². The Bertz CT molecular complexity index is 417. The zero-order chi connectivity index (χ0) is 15.9.